The van der Waals surface area contributed by atoms with Crippen LogP contribution in [0.4, 0.5) is 0 Å². The van der Waals surface area contributed by atoms with Gasteiger partial charge in [0, 0.05) is 12.6 Å². The number of nitrogens with one attached hydrogen (secondary N) is 1. The second-order valence-electron chi connectivity index (χ2n) is 6.82. The van der Waals surface area contributed by atoms with Gasteiger partial charge in [0.1, 0.15) is 0 Å². The molecule has 5 nitrogen and oxygen atoms in total. The standard InChI is InChI=1S/C16H30N2O3/c1-6-11-7-12(13(8-11)16(20)21)15(19)17-9-14(10(2)3)18(4)5/h10-14H,6-9H2,1-5H3,(H,17,19)(H,20,21). The summed E-state index contributed by atoms with van der Waals surface area (Å²) < 4.78 is 0. The van der Waals surface area contributed by atoms with Crippen LogP contribution in [0.2, 0.25) is 0 Å². The van der Waals surface area contributed by atoms with Crippen LogP contribution in [0, 0.1) is 23.7 Å². The van der Waals surface area contributed by atoms with E-state index >= 15 is 0 Å². The number of carbonyl (C=O) groups is 2. The molecule has 0 aromatic heterocycles. The first-order chi connectivity index (χ1) is 9.77. The van der Waals surface area contributed by atoms with Crippen LogP contribution in [0.1, 0.15) is 40.0 Å². The average Bonchev–Trinajstić information content (AvgIpc) is 2.82. The molecule has 0 aromatic carbocycles. The average molecular weight is 298 g/mol. The number of likely N-dealkylation sites (N-methyl/N-ethyl adjacent to an activating group) is 1. The lowest BCUT2D eigenvalue weighted by molar-refractivity contribution is -0.146. The van der Waals surface area contributed by atoms with Crippen LogP contribution in [-0.4, -0.2) is 48.6 Å². The van der Waals surface area contributed by atoms with Crippen LogP contribution in [0.5, 0.6) is 0 Å². The van der Waals surface area contributed by atoms with Crippen molar-refractivity contribution in [2.24, 2.45) is 23.7 Å². The predicted molar refractivity (Wildman–Crippen MR) is 83.0 cm³/mol. The van der Waals surface area contributed by atoms with Crippen LogP contribution in [-0.2, 0) is 9.59 Å². The fraction of sp³-hybridized carbons (Fsp3) is 0.875. The monoisotopic (exact) mass is 298 g/mol. The molecule has 0 aromatic rings. The molecule has 1 aliphatic rings. The second-order valence-corrected chi connectivity index (χ2v) is 6.82. The number of carboxylic acids is 1. The zero-order chi connectivity index (χ0) is 16.2. The highest BCUT2D eigenvalue weighted by atomic mass is 16.4. The molecule has 0 spiro atoms. The molecule has 122 valence electrons. The zero-order valence-corrected chi connectivity index (χ0v) is 13.9. The van der Waals surface area contributed by atoms with E-state index in [2.05, 4.69) is 31.0 Å². The highest BCUT2D eigenvalue weighted by molar-refractivity contribution is 5.85. The third kappa shape index (κ3) is 4.70. The zero-order valence-electron chi connectivity index (χ0n) is 13.9. The molecule has 0 saturated heterocycles. The Morgan fingerprint density at radius 2 is 1.81 bits per heavy atom. The van der Waals surface area contributed by atoms with Crippen molar-refractivity contribution in [2.45, 2.75) is 46.1 Å². The first kappa shape index (κ1) is 18.0. The predicted octanol–water partition coefficient (Wildman–Crippen LogP) is 1.83. The number of aliphatic carboxylic acids is 1. The van der Waals surface area contributed by atoms with Gasteiger partial charge in [-0.15, -0.1) is 0 Å². The SMILES string of the molecule is CCC1CC(C(=O)O)C(C(=O)NCC(C(C)C)N(C)C)C1. The minimum Gasteiger partial charge on any atom is -0.481 e. The number of rotatable bonds is 7. The van der Waals surface area contributed by atoms with Gasteiger partial charge in [-0.25, -0.2) is 0 Å². The summed E-state index contributed by atoms with van der Waals surface area (Å²) in [7, 11) is 4.00. The van der Waals surface area contributed by atoms with Crippen molar-refractivity contribution < 1.29 is 14.7 Å². The number of nitrogens with zero attached hydrogens (tertiary/aromatic N) is 1. The lowest BCUT2D eigenvalue weighted by Gasteiger charge is -2.28. The van der Waals surface area contributed by atoms with Gasteiger partial charge in [-0.1, -0.05) is 27.2 Å². The van der Waals surface area contributed by atoms with E-state index < -0.39 is 11.9 Å². The van der Waals surface area contributed by atoms with E-state index in [1.807, 2.05) is 14.1 Å². The Bertz CT molecular complexity index is 361. The summed E-state index contributed by atoms with van der Waals surface area (Å²) in [6, 6.07) is 0.264. The molecule has 4 unspecified atom stereocenters. The van der Waals surface area contributed by atoms with Gasteiger partial charge in [0.25, 0.3) is 0 Å². The van der Waals surface area contributed by atoms with Crippen molar-refractivity contribution in [3.05, 3.63) is 0 Å². The van der Waals surface area contributed by atoms with Crippen LogP contribution in [0.3, 0.4) is 0 Å². The molecule has 0 aliphatic heterocycles. The highest BCUT2D eigenvalue weighted by Crippen LogP contribution is 2.38. The summed E-state index contributed by atoms with van der Waals surface area (Å²) in [5.41, 5.74) is 0. The van der Waals surface area contributed by atoms with Crippen molar-refractivity contribution in [3.63, 3.8) is 0 Å². The Hall–Kier alpha value is -1.10. The van der Waals surface area contributed by atoms with E-state index in [1.165, 1.54) is 0 Å². The first-order valence-electron chi connectivity index (χ1n) is 7.94. The largest absolute Gasteiger partial charge is 0.481 e. The van der Waals surface area contributed by atoms with Crippen molar-refractivity contribution in [1.82, 2.24) is 10.2 Å². The summed E-state index contributed by atoms with van der Waals surface area (Å²) in [5.74, 6) is -1.03. The highest BCUT2D eigenvalue weighted by Gasteiger charge is 2.42. The van der Waals surface area contributed by atoms with Crippen LogP contribution >= 0.6 is 0 Å². The second kappa shape index (κ2) is 7.78. The van der Waals surface area contributed by atoms with Crippen molar-refractivity contribution in [2.75, 3.05) is 20.6 Å². The lowest BCUT2D eigenvalue weighted by Crippen LogP contribution is -2.45. The third-order valence-electron chi connectivity index (χ3n) is 4.81. The molecule has 1 saturated carbocycles. The van der Waals surface area contributed by atoms with Gasteiger partial charge in [0.05, 0.1) is 11.8 Å². The lowest BCUT2D eigenvalue weighted by atomic mass is 9.95. The molecule has 0 heterocycles. The number of carbonyl (C=O) groups excluding carboxylic acids is 1. The smallest absolute Gasteiger partial charge is 0.307 e. The summed E-state index contributed by atoms with van der Waals surface area (Å²) >= 11 is 0. The van der Waals surface area contributed by atoms with Crippen LogP contribution in [0.25, 0.3) is 0 Å². The number of hydrogen-bond donors (Lipinski definition) is 2. The van der Waals surface area contributed by atoms with E-state index in [-0.39, 0.29) is 17.9 Å². The van der Waals surface area contributed by atoms with Crippen molar-refractivity contribution in [3.8, 4) is 0 Å². The maximum absolute atomic E-state index is 12.4. The van der Waals surface area contributed by atoms with Crippen LogP contribution in [0.15, 0.2) is 0 Å². The molecular formula is C16H30N2O3. The number of amides is 1. The van der Waals surface area contributed by atoms with Gasteiger partial charge in [-0.2, -0.15) is 0 Å². The Kier molecular flexibility index (Phi) is 6.65. The van der Waals surface area contributed by atoms with E-state index in [1.54, 1.807) is 0 Å². The van der Waals surface area contributed by atoms with Gasteiger partial charge in [-0.3, -0.25) is 9.59 Å². The molecule has 2 N–H and O–H groups in total. The number of carboxylic acid groups (broad SMARTS) is 1. The van der Waals surface area contributed by atoms with Gasteiger partial charge < -0.3 is 15.3 Å². The third-order valence-corrected chi connectivity index (χ3v) is 4.81. The molecular weight excluding hydrogens is 268 g/mol. The summed E-state index contributed by atoms with van der Waals surface area (Å²) in [6.07, 6.45) is 2.28. The summed E-state index contributed by atoms with van der Waals surface area (Å²) in [6.45, 7) is 6.88. The maximum atomic E-state index is 12.4. The molecule has 0 bridgehead atoms. The van der Waals surface area contributed by atoms with Gasteiger partial charge in [0.15, 0.2) is 0 Å². The quantitative estimate of drug-likeness (QED) is 0.752. The normalized spacial score (nSPS) is 27.1. The molecule has 1 aliphatic carbocycles. The molecule has 0 radical (unpaired) electrons. The summed E-state index contributed by atoms with van der Waals surface area (Å²) in [5, 5.41) is 12.3. The Balaban J connectivity index is 2.63. The Morgan fingerprint density at radius 1 is 1.24 bits per heavy atom. The topological polar surface area (TPSA) is 69.6 Å². The Morgan fingerprint density at radius 3 is 2.24 bits per heavy atom. The van der Waals surface area contributed by atoms with E-state index in [4.69, 9.17) is 0 Å². The fourth-order valence-corrected chi connectivity index (χ4v) is 3.39. The fourth-order valence-electron chi connectivity index (χ4n) is 3.39. The molecule has 4 atom stereocenters. The first-order valence-corrected chi connectivity index (χ1v) is 7.94. The van der Waals surface area contributed by atoms with Crippen molar-refractivity contribution >= 4 is 11.9 Å². The van der Waals surface area contributed by atoms with Gasteiger partial charge in [0.2, 0.25) is 5.91 Å². The van der Waals surface area contributed by atoms with Crippen LogP contribution < -0.4 is 5.32 Å². The maximum Gasteiger partial charge on any atom is 0.307 e. The van der Waals surface area contributed by atoms with E-state index in [9.17, 15) is 14.7 Å². The minimum absolute atomic E-state index is 0.0918. The van der Waals surface area contributed by atoms with E-state index in [0.717, 1.165) is 6.42 Å². The van der Waals surface area contributed by atoms with Gasteiger partial charge in [-0.05, 0) is 38.8 Å². The molecule has 1 fully saturated rings. The molecule has 21 heavy (non-hydrogen) atoms. The molecule has 1 amide bonds. The van der Waals surface area contributed by atoms with E-state index in [0.29, 0.717) is 31.2 Å². The molecule has 1 rings (SSSR count). The minimum atomic E-state index is -0.834. The number of hydrogen-bond acceptors (Lipinski definition) is 3. The summed E-state index contributed by atoms with van der Waals surface area (Å²) in [4.78, 5) is 25.8. The van der Waals surface area contributed by atoms with Gasteiger partial charge >= 0.3 is 5.97 Å². The molecule has 5 heteroatoms. The van der Waals surface area contributed by atoms with Crippen molar-refractivity contribution in [1.29, 1.82) is 0 Å². The Labute approximate surface area is 128 Å².